The van der Waals surface area contributed by atoms with Gasteiger partial charge in [0.25, 0.3) is 0 Å². The second-order valence-corrected chi connectivity index (χ2v) is 7.00. The molecule has 0 bridgehead atoms. The van der Waals surface area contributed by atoms with E-state index >= 15 is 0 Å². The van der Waals surface area contributed by atoms with Crippen LogP contribution in [-0.2, 0) is 16.4 Å². The highest BCUT2D eigenvalue weighted by molar-refractivity contribution is 7.89. The minimum atomic E-state index is -3.16. The maximum absolute atomic E-state index is 11.9. The molecule has 1 heterocycles. The largest absolute Gasteiger partial charge is 0.313 e. The molecular weight excluding hydrogens is 260 g/mol. The van der Waals surface area contributed by atoms with Gasteiger partial charge in [0.15, 0.2) is 0 Å². The molecule has 106 valence electrons. The van der Waals surface area contributed by atoms with Crippen LogP contribution in [0.25, 0.3) is 0 Å². The summed E-state index contributed by atoms with van der Waals surface area (Å²) in [7, 11) is -3.16. The number of aryl methyl sites for hydroxylation is 1. The van der Waals surface area contributed by atoms with E-state index in [9.17, 15) is 8.42 Å². The number of benzene rings is 1. The third-order valence-corrected chi connectivity index (χ3v) is 5.05. The van der Waals surface area contributed by atoms with Gasteiger partial charge in [-0.15, -0.1) is 0 Å². The Morgan fingerprint density at radius 1 is 1.37 bits per heavy atom. The van der Waals surface area contributed by atoms with Gasteiger partial charge in [0.05, 0.1) is 5.75 Å². The standard InChI is InChI=1S/C14H22N2O2S/c1-12-5-2-3-6-13(12)8-10-16-19(17,18)11-14-7-4-9-15-14/h2-3,5-6,14-16H,4,7-11H2,1H3. The SMILES string of the molecule is Cc1ccccc1CCNS(=O)(=O)CC1CCCN1. The summed E-state index contributed by atoms with van der Waals surface area (Å²) >= 11 is 0. The van der Waals surface area contributed by atoms with Gasteiger partial charge in [-0.05, 0) is 43.9 Å². The zero-order chi connectivity index (χ0) is 13.7. The van der Waals surface area contributed by atoms with Gasteiger partial charge in [0.2, 0.25) is 10.0 Å². The fourth-order valence-corrected chi connectivity index (χ4v) is 3.80. The molecule has 0 spiro atoms. The van der Waals surface area contributed by atoms with Gasteiger partial charge >= 0.3 is 0 Å². The van der Waals surface area contributed by atoms with Crippen molar-refractivity contribution >= 4 is 10.0 Å². The van der Waals surface area contributed by atoms with Gasteiger partial charge in [-0.2, -0.15) is 0 Å². The number of hydrogen-bond acceptors (Lipinski definition) is 3. The molecule has 1 saturated heterocycles. The molecule has 1 fully saturated rings. The van der Waals surface area contributed by atoms with Crippen molar-refractivity contribution in [1.29, 1.82) is 0 Å². The van der Waals surface area contributed by atoms with Crippen LogP contribution in [0.5, 0.6) is 0 Å². The van der Waals surface area contributed by atoms with Gasteiger partial charge < -0.3 is 5.32 Å². The van der Waals surface area contributed by atoms with Crippen molar-refractivity contribution in [3.63, 3.8) is 0 Å². The molecule has 2 rings (SSSR count). The lowest BCUT2D eigenvalue weighted by Crippen LogP contribution is -2.37. The first kappa shape index (κ1) is 14.5. The third-order valence-electron chi connectivity index (χ3n) is 3.56. The zero-order valence-electron chi connectivity index (χ0n) is 11.4. The quantitative estimate of drug-likeness (QED) is 0.824. The Morgan fingerprint density at radius 3 is 2.84 bits per heavy atom. The summed E-state index contributed by atoms with van der Waals surface area (Å²) in [5.41, 5.74) is 2.41. The summed E-state index contributed by atoms with van der Waals surface area (Å²) in [5.74, 6) is 0.195. The van der Waals surface area contributed by atoms with Crippen molar-refractivity contribution in [3.05, 3.63) is 35.4 Å². The molecule has 1 aliphatic heterocycles. The summed E-state index contributed by atoms with van der Waals surface area (Å²) in [6.07, 6.45) is 2.77. The number of hydrogen-bond donors (Lipinski definition) is 2. The fourth-order valence-electron chi connectivity index (χ4n) is 2.45. The van der Waals surface area contributed by atoms with Gasteiger partial charge in [0.1, 0.15) is 0 Å². The Balaban J connectivity index is 1.79. The van der Waals surface area contributed by atoms with Crippen molar-refractivity contribution < 1.29 is 8.42 Å². The van der Waals surface area contributed by atoms with E-state index in [0.717, 1.165) is 25.8 Å². The highest BCUT2D eigenvalue weighted by Gasteiger charge is 2.21. The van der Waals surface area contributed by atoms with Crippen molar-refractivity contribution in [2.45, 2.75) is 32.2 Å². The molecule has 0 radical (unpaired) electrons. The molecule has 0 amide bonds. The molecule has 5 heteroatoms. The Hall–Kier alpha value is -0.910. The smallest absolute Gasteiger partial charge is 0.213 e. The van der Waals surface area contributed by atoms with Crippen LogP contribution in [0.4, 0.5) is 0 Å². The van der Waals surface area contributed by atoms with Crippen molar-refractivity contribution in [2.24, 2.45) is 0 Å². The summed E-state index contributed by atoms with van der Waals surface area (Å²) < 4.78 is 26.5. The molecule has 1 aliphatic rings. The number of rotatable bonds is 6. The predicted octanol–water partition coefficient (Wildman–Crippen LogP) is 1.21. The van der Waals surface area contributed by atoms with Crippen LogP contribution < -0.4 is 10.0 Å². The van der Waals surface area contributed by atoms with E-state index in [1.807, 2.05) is 31.2 Å². The summed E-state index contributed by atoms with van der Waals surface area (Å²) in [5, 5.41) is 3.21. The summed E-state index contributed by atoms with van der Waals surface area (Å²) in [6.45, 7) is 3.45. The Kier molecular flexibility index (Phi) is 4.96. The Morgan fingerprint density at radius 2 is 2.16 bits per heavy atom. The molecule has 19 heavy (non-hydrogen) atoms. The first-order chi connectivity index (χ1) is 9.07. The van der Waals surface area contributed by atoms with Crippen molar-refractivity contribution in [3.8, 4) is 0 Å². The normalized spacial score (nSPS) is 19.7. The third kappa shape index (κ3) is 4.60. The highest BCUT2D eigenvalue weighted by atomic mass is 32.2. The van der Waals surface area contributed by atoms with E-state index in [2.05, 4.69) is 10.0 Å². The van der Waals surface area contributed by atoms with Gasteiger partial charge in [-0.1, -0.05) is 24.3 Å². The van der Waals surface area contributed by atoms with E-state index in [1.165, 1.54) is 11.1 Å². The molecule has 2 N–H and O–H groups in total. The lowest BCUT2D eigenvalue weighted by atomic mass is 10.1. The topological polar surface area (TPSA) is 58.2 Å². The second kappa shape index (κ2) is 6.50. The Bertz CT molecular complexity index is 508. The molecule has 1 unspecified atom stereocenters. The van der Waals surface area contributed by atoms with E-state index in [1.54, 1.807) is 0 Å². The van der Waals surface area contributed by atoms with Crippen LogP contribution >= 0.6 is 0 Å². The maximum atomic E-state index is 11.9. The van der Waals surface area contributed by atoms with Crippen molar-refractivity contribution in [2.75, 3.05) is 18.8 Å². The van der Waals surface area contributed by atoms with Gasteiger partial charge in [0, 0.05) is 12.6 Å². The average molecular weight is 282 g/mol. The Labute approximate surface area is 115 Å². The average Bonchev–Trinajstić information content (AvgIpc) is 2.83. The molecule has 1 aromatic rings. The highest BCUT2D eigenvalue weighted by Crippen LogP contribution is 2.08. The lowest BCUT2D eigenvalue weighted by molar-refractivity contribution is 0.564. The van der Waals surface area contributed by atoms with Crippen LogP contribution in [0.3, 0.4) is 0 Å². The monoisotopic (exact) mass is 282 g/mol. The minimum Gasteiger partial charge on any atom is -0.313 e. The second-order valence-electron chi connectivity index (χ2n) is 5.15. The van der Waals surface area contributed by atoms with E-state index in [4.69, 9.17) is 0 Å². The van der Waals surface area contributed by atoms with E-state index in [0.29, 0.717) is 6.54 Å². The van der Waals surface area contributed by atoms with Crippen molar-refractivity contribution in [1.82, 2.24) is 10.0 Å². The van der Waals surface area contributed by atoms with Crippen LogP contribution in [0, 0.1) is 6.92 Å². The van der Waals surface area contributed by atoms with Crippen LogP contribution in [0.1, 0.15) is 24.0 Å². The van der Waals surface area contributed by atoms with Crippen LogP contribution in [0.2, 0.25) is 0 Å². The molecule has 0 aliphatic carbocycles. The zero-order valence-corrected chi connectivity index (χ0v) is 12.2. The first-order valence-corrected chi connectivity index (χ1v) is 8.47. The molecule has 4 nitrogen and oxygen atoms in total. The van der Waals surface area contributed by atoms with Gasteiger partial charge in [-0.25, -0.2) is 13.1 Å². The van der Waals surface area contributed by atoms with E-state index in [-0.39, 0.29) is 11.8 Å². The van der Waals surface area contributed by atoms with E-state index < -0.39 is 10.0 Å². The number of sulfonamides is 1. The first-order valence-electron chi connectivity index (χ1n) is 6.82. The van der Waals surface area contributed by atoms with Crippen LogP contribution in [-0.4, -0.2) is 33.3 Å². The minimum absolute atomic E-state index is 0.121. The molecule has 1 atom stereocenters. The number of nitrogens with one attached hydrogen (secondary N) is 2. The lowest BCUT2D eigenvalue weighted by Gasteiger charge is -2.12. The fraction of sp³-hybridized carbons (Fsp3) is 0.571. The van der Waals surface area contributed by atoms with Gasteiger partial charge in [-0.3, -0.25) is 0 Å². The molecular formula is C14H22N2O2S. The predicted molar refractivity (Wildman–Crippen MR) is 77.7 cm³/mol. The summed E-state index contributed by atoms with van der Waals surface area (Å²) in [6, 6.07) is 8.19. The maximum Gasteiger partial charge on any atom is 0.213 e. The molecule has 0 saturated carbocycles. The molecule has 0 aromatic heterocycles. The van der Waals surface area contributed by atoms with Crippen LogP contribution in [0.15, 0.2) is 24.3 Å². The molecule has 1 aromatic carbocycles. The summed E-state index contributed by atoms with van der Waals surface area (Å²) in [4.78, 5) is 0.